The van der Waals surface area contributed by atoms with E-state index in [0.717, 1.165) is 17.7 Å². The Hall–Kier alpha value is -2.70. The number of carbonyl (C=O) groups is 1. The molecule has 148 valence electrons. The van der Waals surface area contributed by atoms with Crippen LogP contribution in [0.1, 0.15) is 34.8 Å². The highest BCUT2D eigenvalue weighted by atomic mass is 16.6. The summed E-state index contributed by atoms with van der Waals surface area (Å²) >= 11 is 0. The van der Waals surface area contributed by atoms with E-state index in [-0.39, 0.29) is 12.5 Å². The van der Waals surface area contributed by atoms with E-state index < -0.39 is 5.54 Å². The molecule has 1 amide bonds. The summed E-state index contributed by atoms with van der Waals surface area (Å²) in [6.07, 6.45) is 1.41. The number of oxime groups is 1. The van der Waals surface area contributed by atoms with Crippen molar-refractivity contribution in [3.05, 3.63) is 71.3 Å². The topological polar surface area (TPSA) is 88.2 Å². The van der Waals surface area contributed by atoms with Crippen molar-refractivity contribution in [2.24, 2.45) is 10.9 Å². The van der Waals surface area contributed by atoms with Gasteiger partial charge in [-0.1, -0.05) is 47.6 Å². The van der Waals surface area contributed by atoms with Crippen LogP contribution in [0.2, 0.25) is 0 Å². The first kappa shape index (κ1) is 20.0. The number of hydrogen-bond acceptors (Lipinski definition) is 5. The molecule has 1 heterocycles. The Morgan fingerprint density at radius 3 is 2.50 bits per heavy atom. The van der Waals surface area contributed by atoms with Crippen molar-refractivity contribution in [1.82, 2.24) is 4.90 Å². The number of likely N-dealkylation sites (tertiary alicyclic amines) is 1. The number of nitrogens with two attached hydrogens (primary N) is 1. The molecule has 2 aromatic rings. The maximum atomic E-state index is 12.6. The molecule has 6 nitrogen and oxygen atoms in total. The molecular weight excluding hydrogens is 354 g/mol. The Kier molecular flexibility index (Phi) is 6.44. The highest BCUT2D eigenvalue weighted by molar-refractivity contribution is 6.00. The molecule has 0 aliphatic carbocycles. The van der Waals surface area contributed by atoms with Gasteiger partial charge in [0.1, 0.15) is 6.61 Å². The fraction of sp³-hybridized carbons (Fsp3) is 0.364. The molecule has 0 radical (unpaired) electrons. The van der Waals surface area contributed by atoms with E-state index in [9.17, 15) is 9.90 Å². The van der Waals surface area contributed by atoms with Gasteiger partial charge in [-0.15, -0.1) is 0 Å². The highest BCUT2D eigenvalue weighted by Gasteiger charge is 2.36. The molecule has 1 aliphatic rings. The Labute approximate surface area is 165 Å². The van der Waals surface area contributed by atoms with E-state index in [1.165, 1.54) is 5.56 Å². The lowest BCUT2D eigenvalue weighted by molar-refractivity contribution is 0.0775. The number of hydrogen-bond donors (Lipinski definition) is 2. The van der Waals surface area contributed by atoms with Crippen LogP contribution in [0.15, 0.2) is 59.8 Å². The summed E-state index contributed by atoms with van der Waals surface area (Å²) in [5.74, 6) is -0.0685. The van der Waals surface area contributed by atoms with Crippen LogP contribution >= 0.6 is 0 Å². The van der Waals surface area contributed by atoms with E-state index in [1.54, 1.807) is 17.0 Å². The molecule has 0 spiro atoms. The lowest BCUT2D eigenvalue weighted by atomic mass is 10.0. The predicted octanol–water partition coefficient (Wildman–Crippen LogP) is 2.21. The van der Waals surface area contributed by atoms with Gasteiger partial charge >= 0.3 is 0 Å². The number of aliphatic hydroxyl groups is 1. The third-order valence-electron chi connectivity index (χ3n) is 5.06. The van der Waals surface area contributed by atoms with Gasteiger partial charge in [0.05, 0.1) is 17.9 Å². The summed E-state index contributed by atoms with van der Waals surface area (Å²) in [5.41, 5.74) is 8.84. The van der Waals surface area contributed by atoms with Crippen LogP contribution in [0.4, 0.5) is 0 Å². The van der Waals surface area contributed by atoms with Crippen LogP contribution in [0.5, 0.6) is 0 Å². The van der Waals surface area contributed by atoms with Gasteiger partial charge in [0, 0.05) is 25.1 Å². The van der Waals surface area contributed by atoms with Gasteiger partial charge < -0.3 is 20.6 Å². The second-order valence-electron chi connectivity index (χ2n) is 7.32. The number of benzene rings is 2. The number of carbonyl (C=O) groups excluding carboxylic acids is 1. The van der Waals surface area contributed by atoms with Crippen LogP contribution in [0.25, 0.3) is 0 Å². The van der Waals surface area contributed by atoms with Crippen molar-refractivity contribution in [2.75, 3.05) is 26.3 Å². The summed E-state index contributed by atoms with van der Waals surface area (Å²) in [6, 6.07) is 17.4. The van der Waals surface area contributed by atoms with Gasteiger partial charge in [0.25, 0.3) is 5.91 Å². The van der Waals surface area contributed by atoms with Gasteiger partial charge in [-0.3, -0.25) is 4.79 Å². The van der Waals surface area contributed by atoms with Crippen molar-refractivity contribution in [2.45, 2.75) is 25.3 Å². The fourth-order valence-electron chi connectivity index (χ4n) is 3.24. The Morgan fingerprint density at radius 2 is 1.86 bits per heavy atom. The maximum Gasteiger partial charge on any atom is 0.253 e. The van der Waals surface area contributed by atoms with Crippen LogP contribution in [0.3, 0.4) is 0 Å². The quantitative estimate of drug-likeness (QED) is 0.437. The SMILES string of the molecule is C/C(=N\OCCc1ccccc1)c1ccc(C(=O)N2CCC(N)(CO)C2)cc1. The lowest BCUT2D eigenvalue weighted by Gasteiger charge is -2.22. The van der Waals surface area contributed by atoms with Crippen molar-refractivity contribution in [1.29, 1.82) is 0 Å². The third kappa shape index (κ3) is 4.97. The minimum absolute atomic E-state index is 0.0685. The van der Waals surface area contributed by atoms with E-state index in [1.807, 2.05) is 37.3 Å². The Bertz CT molecular complexity index is 821. The molecule has 3 rings (SSSR count). The van der Waals surface area contributed by atoms with Crippen molar-refractivity contribution < 1.29 is 14.7 Å². The standard InChI is InChI=1S/C22H27N3O3/c1-17(24-28-14-11-18-5-3-2-4-6-18)19-7-9-20(10-8-19)21(27)25-13-12-22(23,15-25)16-26/h2-10,26H,11-16,23H2,1H3/b24-17+. The van der Waals surface area contributed by atoms with Crippen molar-refractivity contribution >= 4 is 11.6 Å². The van der Waals surface area contributed by atoms with E-state index in [4.69, 9.17) is 10.6 Å². The molecule has 1 fully saturated rings. The first-order chi connectivity index (χ1) is 13.5. The highest BCUT2D eigenvalue weighted by Crippen LogP contribution is 2.20. The van der Waals surface area contributed by atoms with E-state index in [2.05, 4.69) is 17.3 Å². The molecule has 0 bridgehead atoms. The monoisotopic (exact) mass is 381 g/mol. The molecule has 1 saturated heterocycles. The van der Waals surface area contributed by atoms with Gasteiger partial charge in [0.2, 0.25) is 0 Å². The third-order valence-corrected chi connectivity index (χ3v) is 5.06. The zero-order valence-electron chi connectivity index (χ0n) is 16.2. The van der Waals surface area contributed by atoms with Crippen LogP contribution in [-0.2, 0) is 11.3 Å². The molecule has 0 saturated carbocycles. The number of amides is 1. The predicted molar refractivity (Wildman–Crippen MR) is 109 cm³/mol. The number of aliphatic hydroxyl groups excluding tert-OH is 1. The molecular formula is C22H27N3O3. The molecule has 1 unspecified atom stereocenters. The zero-order valence-corrected chi connectivity index (χ0v) is 16.2. The largest absolute Gasteiger partial charge is 0.395 e. The average molecular weight is 381 g/mol. The molecule has 0 aromatic heterocycles. The summed E-state index contributed by atoms with van der Waals surface area (Å²) in [7, 11) is 0. The summed E-state index contributed by atoms with van der Waals surface area (Å²) in [6.45, 7) is 3.21. The molecule has 2 aromatic carbocycles. The van der Waals surface area contributed by atoms with Gasteiger partial charge in [-0.05, 0) is 36.6 Å². The van der Waals surface area contributed by atoms with Crippen LogP contribution < -0.4 is 5.73 Å². The summed E-state index contributed by atoms with van der Waals surface area (Å²) in [5, 5.41) is 13.5. The summed E-state index contributed by atoms with van der Waals surface area (Å²) < 4.78 is 0. The van der Waals surface area contributed by atoms with E-state index >= 15 is 0 Å². The second-order valence-corrected chi connectivity index (χ2v) is 7.32. The molecule has 3 N–H and O–H groups in total. The Morgan fingerprint density at radius 1 is 1.18 bits per heavy atom. The van der Waals surface area contributed by atoms with Crippen LogP contribution in [-0.4, -0.2) is 53.5 Å². The zero-order chi connectivity index (χ0) is 20.0. The normalized spacial score (nSPS) is 19.7. The molecule has 1 atom stereocenters. The van der Waals surface area contributed by atoms with Crippen LogP contribution in [0, 0.1) is 0 Å². The van der Waals surface area contributed by atoms with Gasteiger partial charge in [-0.25, -0.2) is 0 Å². The van der Waals surface area contributed by atoms with Crippen molar-refractivity contribution in [3.8, 4) is 0 Å². The summed E-state index contributed by atoms with van der Waals surface area (Å²) in [4.78, 5) is 19.7. The second kappa shape index (κ2) is 8.99. The fourth-order valence-corrected chi connectivity index (χ4v) is 3.24. The smallest absolute Gasteiger partial charge is 0.253 e. The molecule has 6 heteroatoms. The molecule has 1 aliphatic heterocycles. The number of nitrogens with zero attached hydrogens (tertiary/aromatic N) is 2. The lowest BCUT2D eigenvalue weighted by Crippen LogP contribution is -2.46. The van der Waals surface area contributed by atoms with Gasteiger partial charge in [0.15, 0.2) is 0 Å². The van der Waals surface area contributed by atoms with Gasteiger partial charge in [-0.2, -0.15) is 0 Å². The van der Waals surface area contributed by atoms with E-state index in [0.29, 0.717) is 31.7 Å². The Balaban J connectivity index is 1.54. The first-order valence-electron chi connectivity index (χ1n) is 9.51. The number of rotatable bonds is 7. The molecule has 28 heavy (non-hydrogen) atoms. The van der Waals surface area contributed by atoms with Crippen molar-refractivity contribution in [3.63, 3.8) is 0 Å². The average Bonchev–Trinajstić information content (AvgIpc) is 3.14. The minimum atomic E-state index is -0.685. The first-order valence-corrected chi connectivity index (χ1v) is 9.51. The minimum Gasteiger partial charge on any atom is -0.395 e. The maximum absolute atomic E-state index is 12.6.